The molecular formula is C30H17O2PS. The Hall–Kier alpha value is -3.65. The van der Waals surface area contributed by atoms with Crippen LogP contribution in [-0.4, -0.2) is 0 Å². The quantitative estimate of drug-likeness (QED) is 0.228. The molecule has 1 unspecified atom stereocenters. The minimum absolute atomic E-state index is 0.731. The SMILES string of the molecule is c1ccc2c(c1)Oc1cccc3c1P2c1ccc(-c2cccc4c2sc2ccccc24)cc1O3. The van der Waals surface area contributed by atoms with Crippen LogP contribution in [0.5, 0.6) is 23.0 Å². The summed E-state index contributed by atoms with van der Waals surface area (Å²) in [6.45, 7) is 0. The van der Waals surface area contributed by atoms with Gasteiger partial charge in [0.1, 0.15) is 23.0 Å². The molecule has 0 spiro atoms. The van der Waals surface area contributed by atoms with Crippen LogP contribution in [0.15, 0.2) is 103 Å². The van der Waals surface area contributed by atoms with Crippen LogP contribution in [0.1, 0.15) is 0 Å². The first kappa shape index (κ1) is 18.7. The van der Waals surface area contributed by atoms with Crippen LogP contribution in [0.4, 0.5) is 0 Å². The van der Waals surface area contributed by atoms with E-state index in [-0.39, 0.29) is 0 Å². The van der Waals surface area contributed by atoms with Crippen molar-refractivity contribution in [3.8, 4) is 34.1 Å². The first-order chi connectivity index (χ1) is 16.8. The van der Waals surface area contributed by atoms with Crippen LogP contribution in [0.2, 0.25) is 0 Å². The zero-order chi connectivity index (χ0) is 22.2. The minimum atomic E-state index is -0.731. The topological polar surface area (TPSA) is 18.5 Å². The van der Waals surface area contributed by atoms with Crippen LogP contribution < -0.4 is 25.4 Å². The number of hydrogen-bond donors (Lipinski definition) is 0. The maximum Gasteiger partial charge on any atom is 0.139 e. The molecule has 3 heterocycles. The molecule has 2 nitrogen and oxygen atoms in total. The lowest BCUT2D eigenvalue weighted by Gasteiger charge is -2.34. The number of fused-ring (bicyclic) bond motifs is 7. The lowest BCUT2D eigenvalue weighted by molar-refractivity contribution is 0.466. The van der Waals surface area contributed by atoms with Crippen molar-refractivity contribution < 1.29 is 9.47 Å². The second kappa shape index (κ2) is 6.93. The van der Waals surface area contributed by atoms with E-state index >= 15 is 0 Å². The highest BCUT2D eigenvalue weighted by molar-refractivity contribution is 7.80. The number of benzene rings is 5. The lowest BCUT2D eigenvalue weighted by atomic mass is 10.0. The molecule has 6 aromatic rings. The van der Waals surface area contributed by atoms with Crippen LogP contribution >= 0.6 is 19.3 Å². The summed E-state index contributed by atoms with van der Waals surface area (Å²) < 4.78 is 15.4. The fraction of sp³-hybridized carbons (Fsp3) is 0. The van der Waals surface area contributed by atoms with E-state index in [1.165, 1.54) is 47.2 Å². The van der Waals surface area contributed by atoms with Crippen molar-refractivity contribution in [1.82, 2.24) is 0 Å². The largest absolute Gasteiger partial charge is 0.456 e. The molecular weight excluding hydrogens is 455 g/mol. The molecule has 34 heavy (non-hydrogen) atoms. The second-order valence-corrected chi connectivity index (χ2v) is 11.7. The summed E-state index contributed by atoms with van der Waals surface area (Å²) in [4.78, 5) is 0. The van der Waals surface area contributed by atoms with Crippen molar-refractivity contribution in [3.63, 3.8) is 0 Å². The molecule has 0 bridgehead atoms. The predicted molar refractivity (Wildman–Crippen MR) is 144 cm³/mol. The third-order valence-electron chi connectivity index (χ3n) is 6.65. The molecule has 0 radical (unpaired) electrons. The molecule has 1 aromatic heterocycles. The third kappa shape index (κ3) is 2.54. The summed E-state index contributed by atoms with van der Waals surface area (Å²) in [6, 6.07) is 36.6. The molecule has 0 saturated heterocycles. The standard InChI is InChI=1S/C30H17O2PS/c1-4-14-28-20(7-1)21-9-5-8-19(30(21)34-28)18-15-16-27-25(17-18)32-24-12-6-11-23-29(24)33(27)26-13-3-2-10-22(26)31-23/h1-17H. The van der Waals surface area contributed by atoms with Gasteiger partial charge in [0.15, 0.2) is 0 Å². The van der Waals surface area contributed by atoms with Gasteiger partial charge in [-0.25, -0.2) is 0 Å². The highest BCUT2D eigenvalue weighted by Gasteiger charge is 2.36. The summed E-state index contributed by atoms with van der Waals surface area (Å²) >= 11 is 1.86. The molecule has 5 aromatic carbocycles. The third-order valence-corrected chi connectivity index (χ3v) is 10.5. The highest BCUT2D eigenvalue weighted by atomic mass is 32.1. The number of rotatable bonds is 1. The molecule has 2 aliphatic rings. The fourth-order valence-corrected chi connectivity index (χ4v) is 8.94. The monoisotopic (exact) mass is 472 g/mol. The van der Waals surface area contributed by atoms with Crippen LogP contribution in [0.25, 0.3) is 31.3 Å². The van der Waals surface area contributed by atoms with Gasteiger partial charge in [-0.15, -0.1) is 11.3 Å². The van der Waals surface area contributed by atoms with Crippen LogP contribution in [-0.2, 0) is 0 Å². The van der Waals surface area contributed by atoms with E-state index in [9.17, 15) is 0 Å². The molecule has 0 aliphatic carbocycles. The Labute approximate surface area is 201 Å². The smallest absolute Gasteiger partial charge is 0.139 e. The van der Waals surface area contributed by atoms with Gasteiger partial charge in [-0.1, -0.05) is 66.7 Å². The molecule has 1 atom stereocenters. The number of hydrogen-bond acceptors (Lipinski definition) is 3. The zero-order valence-electron chi connectivity index (χ0n) is 18.0. The van der Waals surface area contributed by atoms with Gasteiger partial charge in [-0.3, -0.25) is 0 Å². The lowest BCUT2D eigenvalue weighted by Crippen LogP contribution is -2.31. The zero-order valence-corrected chi connectivity index (χ0v) is 19.7. The molecule has 160 valence electrons. The Morgan fingerprint density at radius 3 is 2.21 bits per heavy atom. The molecule has 8 rings (SSSR count). The van der Waals surface area contributed by atoms with Gasteiger partial charge in [-0.05, 0) is 47.5 Å². The molecule has 2 aliphatic heterocycles. The summed E-state index contributed by atoms with van der Waals surface area (Å²) in [7, 11) is -0.731. The average Bonchev–Trinajstić information content (AvgIpc) is 3.27. The van der Waals surface area contributed by atoms with Crippen molar-refractivity contribution >= 4 is 55.3 Å². The van der Waals surface area contributed by atoms with E-state index in [1.54, 1.807) is 0 Å². The number of thiophene rings is 1. The maximum absolute atomic E-state index is 6.51. The van der Waals surface area contributed by atoms with Gasteiger partial charge in [0.25, 0.3) is 0 Å². The Kier molecular flexibility index (Phi) is 3.82. The molecule has 0 amide bonds. The van der Waals surface area contributed by atoms with Gasteiger partial charge in [0.2, 0.25) is 0 Å². The van der Waals surface area contributed by atoms with Crippen LogP contribution in [0, 0.1) is 0 Å². The van der Waals surface area contributed by atoms with Crippen molar-refractivity contribution in [2.45, 2.75) is 0 Å². The number of para-hydroxylation sites is 1. The highest BCUT2D eigenvalue weighted by Crippen LogP contribution is 2.53. The van der Waals surface area contributed by atoms with E-state index in [0.717, 1.165) is 23.0 Å². The van der Waals surface area contributed by atoms with Crippen LogP contribution in [0.3, 0.4) is 0 Å². The molecule has 0 N–H and O–H groups in total. The second-order valence-electron chi connectivity index (χ2n) is 8.57. The summed E-state index contributed by atoms with van der Waals surface area (Å²) in [6.07, 6.45) is 0. The normalized spacial score (nSPS) is 15.2. The first-order valence-corrected chi connectivity index (χ1v) is 13.4. The predicted octanol–water partition coefficient (Wildman–Crippen LogP) is 7.69. The molecule has 0 saturated carbocycles. The van der Waals surface area contributed by atoms with Gasteiger partial charge in [-0.2, -0.15) is 0 Å². The van der Waals surface area contributed by atoms with Gasteiger partial charge >= 0.3 is 0 Å². The fourth-order valence-electron chi connectivity index (χ4n) is 5.15. The van der Waals surface area contributed by atoms with E-state index in [1.807, 2.05) is 23.5 Å². The summed E-state index contributed by atoms with van der Waals surface area (Å²) in [5.41, 5.74) is 2.44. The Bertz CT molecular complexity index is 1780. The van der Waals surface area contributed by atoms with Crippen molar-refractivity contribution in [3.05, 3.63) is 103 Å². The van der Waals surface area contributed by atoms with Gasteiger partial charge in [0.05, 0.1) is 5.30 Å². The van der Waals surface area contributed by atoms with Gasteiger partial charge < -0.3 is 9.47 Å². The van der Waals surface area contributed by atoms with E-state index in [4.69, 9.17) is 9.47 Å². The van der Waals surface area contributed by atoms with E-state index < -0.39 is 7.92 Å². The Balaban J connectivity index is 1.34. The van der Waals surface area contributed by atoms with E-state index in [2.05, 4.69) is 91.0 Å². The van der Waals surface area contributed by atoms with Crippen molar-refractivity contribution in [2.24, 2.45) is 0 Å². The summed E-state index contributed by atoms with van der Waals surface area (Å²) in [5.74, 6) is 3.71. The summed E-state index contributed by atoms with van der Waals surface area (Å²) in [5, 5.41) is 6.32. The molecule has 4 heteroatoms. The van der Waals surface area contributed by atoms with Crippen molar-refractivity contribution in [1.29, 1.82) is 0 Å². The molecule has 0 fully saturated rings. The minimum Gasteiger partial charge on any atom is -0.456 e. The maximum atomic E-state index is 6.51. The van der Waals surface area contributed by atoms with Gasteiger partial charge in [0, 0.05) is 38.7 Å². The first-order valence-electron chi connectivity index (χ1n) is 11.3. The Morgan fingerprint density at radius 1 is 0.559 bits per heavy atom. The average molecular weight is 473 g/mol. The van der Waals surface area contributed by atoms with E-state index in [0.29, 0.717) is 0 Å². The Morgan fingerprint density at radius 2 is 1.26 bits per heavy atom. The van der Waals surface area contributed by atoms with Crippen molar-refractivity contribution in [2.75, 3.05) is 0 Å². The number of ether oxygens (including phenoxy) is 2.